The van der Waals surface area contributed by atoms with E-state index in [2.05, 4.69) is 20.4 Å². The van der Waals surface area contributed by atoms with Gasteiger partial charge >= 0.3 is 0 Å². The molecule has 0 rings (SSSR count). The first kappa shape index (κ1) is 10.7. The summed E-state index contributed by atoms with van der Waals surface area (Å²) in [5.41, 5.74) is 1.08. The molecular weight excluding hydrogens is 132 g/mol. The van der Waals surface area contributed by atoms with Gasteiger partial charge in [-0.25, -0.2) is 0 Å². The zero-order valence-electron chi connectivity index (χ0n) is 7.86. The molecule has 0 aliphatic carbocycles. The molecule has 0 fully saturated rings. The van der Waals surface area contributed by atoms with E-state index in [1.165, 1.54) is 38.5 Å². The fraction of sp³-hybridized carbons (Fsp3) is 0.727. The van der Waals surface area contributed by atoms with Gasteiger partial charge in [0.25, 0.3) is 0 Å². The van der Waals surface area contributed by atoms with Gasteiger partial charge in [-0.1, -0.05) is 51.2 Å². The lowest BCUT2D eigenvalue weighted by molar-refractivity contribution is 0.608. The van der Waals surface area contributed by atoms with Crippen molar-refractivity contribution in [1.29, 1.82) is 0 Å². The molecule has 1 radical (unpaired) electrons. The minimum absolute atomic E-state index is 1.08. The molecule has 0 nitrogen and oxygen atoms in total. The molecule has 65 valence electrons. The van der Waals surface area contributed by atoms with Gasteiger partial charge in [0.15, 0.2) is 0 Å². The van der Waals surface area contributed by atoms with Crippen LogP contribution < -0.4 is 0 Å². The van der Waals surface area contributed by atoms with Crippen LogP contribution in [0.3, 0.4) is 0 Å². The van der Waals surface area contributed by atoms with Gasteiger partial charge in [0.05, 0.1) is 0 Å². The van der Waals surface area contributed by atoms with E-state index < -0.39 is 0 Å². The molecule has 0 bridgehead atoms. The largest absolute Gasteiger partial charge is 0.0999 e. The van der Waals surface area contributed by atoms with Crippen molar-refractivity contribution in [1.82, 2.24) is 0 Å². The summed E-state index contributed by atoms with van der Waals surface area (Å²) in [7, 11) is 0. The van der Waals surface area contributed by atoms with E-state index in [9.17, 15) is 0 Å². The summed E-state index contributed by atoms with van der Waals surface area (Å²) in [6, 6.07) is 0. The highest BCUT2D eigenvalue weighted by Gasteiger charge is 1.89. The lowest BCUT2D eigenvalue weighted by Crippen LogP contribution is -1.79. The van der Waals surface area contributed by atoms with Crippen LogP contribution in [0, 0.1) is 6.92 Å². The van der Waals surface area contributed by atoms with Crippen molar-refractivity contribution in [3.05, 3.63) is 19.1 Å². The van der Waals surface area contributed by atoms with Gasteiger partial charge in [-0.3, -0.25) is 0 Å². The SMILES string of the molecule is [CH2]C(=C)CCCCCCCC. The first-order valence-electron chi connectivity index (χ1n) is 4.77. The molecule has 0 unspecified atom stereocenters. The predicted molar refractivity (Wildman–Crippen MR) is 52.5 cm³/mol. The van der Waals surface area contributed by atoms with Gasteiger partial charge < -0.3 is 0 Å². The highest BCUT2D eigenvalue weighted by Crippen LogP contribution is 2.09. The summed E-state index contributed by atoms with van der Waals surface area (Å²) in [6.45, 7) is 9.80. The summed E-state index contributed by atoms with van der Waals surface area (Å²) in [4.78, 5) is 0. The van der Waals surface area contributed by atoms with Crippen LogP contribution in [0.25, 0.3) is 0 Å². The smallest absolute Gasteiger partial charge is 0.0286 e. The molecule has 0 atom stereocenters. The van der Waals surface area contributed by atoms with Crippen molar-refractivity contribution in [3.8, 4) is 0 Å². The Bertz CT molecular complexity index is 92.2. The second kappa shape index (κ2) is 7.84. The Morgan fingerprint density at radius 1 is 1.00 bits per heavy atom. The average molecular weight is 153 g/mol. The van der Waals surface area contributed by atoms with Crippen molar-refractivity contribution < 1.29 is 0 Å². The molecule has 0 N–H and O–H groups in total. The van der Waals surface area contributed by atoms with E-state index in [-0.39, 0.29) is 0 Å². The Morgan fingerprint density at radius 2 is 1.55 bits per heavy atom. The van der Waals surface area contributed by atoms with Crippen LogP contribution in [0.2, 0.25) is 0 Å². The number of unbranched alkanes of at least 4 members (excludes halogenated alkanes) is 5. The molecule has 0 saturated heterocycles. The third kappa shape index (κ3) is 9.74. The molecule has 0 spiro atoms. The minimum Gasteiger partial charge on any atom is -0.0999 e. The minimum atomic E-state index is 1.08. The van der Waals surface area contributed by atoms with Crippen molar-refractivity contribution >= 4 is 0 Å². The Hall–Kier alpha value is -0.260. The average Bonchev–Trinajstić information content (AvgIpc) is 1.96. The van der Waals surface area contributed by atoms with E-state index in [1.807, 2.05) is 0 Å². The van der Waals surface area contributed by atoms with Gasteiger partial charge in [0.1, 0.15) is 0 Å². The third-order valence-electron chi connectivity index (χ3n) is 1.88. The van der Waals surface area contributed by atoms with E-state index in [0.717, 1.165) is 12.0 Å². The maximum absolute atomic E-state index is 3.78. The van der Waals surface area contributed by atoms with Crippen molar-refractivity contribution in [2.45, 2.75) is 51.9 Å². The molecule has 0 heterocycles. The second-order valence-corrected chi connectivity index (χ2v) is 3.27. The second-order valence-electron chi connectivity index (χ2n) is 3.27. The zero-order valence-corrected chi connectivity index (χ0v) is 7.86. The number of rotatable bonds is 7. The lowest BCUT2D eigenvalue weighted by atomic mass is 10.1. The van der Waals surface area contributed by atoms with Crippen molar-refractivity contribution in [2.75, 3.05) is 0 Å². The fourth-order valence-electron chi connectivity index (χ4n) is 1.16. The molecule has 0 aliphatic rings. The Kier molecular flexibility index (Phi) is 7.66. The standard InChI is InChI=1S/C11H21/c1-4-5-6-7-8-9-10-11(2)3/h2-10H2,1H3. The number of allylic oxidation sites excluding steroid dienone is 1. The Balaban J connectivity index is 2.85. The molecule has 0 aliphatic heterocycles. The highest BCUT2D eigenvalue weighted by atomic mass is 14.0. The van der Waals surface area contributed by atoms with Gasteiger partial charge in [0.2, 0.25) is 0 Å². The molecule has 0 aromatic rings. The summed E-state index contributed by atoms with van der Waals surface area (Å²) in [5.74, 6) is 0. The summed E-state index contributed by atoms with van der Waals surface area (Å²) < 4.78 is 0. The lowest BCUT2D eigenvalue weighted by Gasteiger charge is -1.99. The van der Waals surface area contributed by atoms with Crippen LogP contribution in [0.4, 0.5) is 0 Å². The van der Waals surface area contributed by atoms with Gasteiger partial charge in [-0.2, -0.15) is 0 Å². The summed E-state index contributed by atoms with van der Waals surface area (Å²) in [6.07, 6.45) is 9.28. The molecule has 0 heteroatoms. The van der Waals surface area contributed by atoms with E-state index in [1.54, 1.807) is 0 Å². The maximum atomic E-state index is 3.78. The van der Waals surface area contributed by atoms with Crippen LogP contribution in [0.15, 0.2) is 12.2 Å². The summed E-state index contributed by atoms with van der Waals surface area (Å²) in [5, 5.41) is 0. The van der Waals surface area contributed by atoms with Crippen molar-refractivity contribution in [3.63, 3.8) is 0 Å². The third-order valence-corrected chi connectivity index (χ3v) is 1.88. The quantitative estimate of drug-likeness (QED) is 0.482. The molecule has 0 amide bonds. The predicted octanol–water partition coefficient (Wildman–Crippen LogP) is 4.13. The monoisotopic (exact) mass is 153 g/mol. The van der Waals surface area contributed by atoms with Crippen LogP contribution in [0.5, 0.6) is 0 Å². The van der Waals surface area contributed by atoms with E-state index >= 15 is 0 Å². The molecule has 0 aromatic carbocycles. The molecule has 11 heavy (non-hydrogen) atoms. The normalized spacial score (nSPS) is 10.0. The van der Waals surface area contributed by atoms with Gasteiger partial charge in [0, 0.05) is 0 Å². The number of hydrogen-bond acceptors (Lipinski definition) is 0. The van der Waals surface area contributed by atoms with Crippen molar-refractivity contribution in [2.24, 2.45) is 0 Å². The van der Waals surface area contributed by atoms with Crippen LogP contribution in [-0.2, 0) is 0 Å². The molecule has 0 saturated carbocycles. The first-order valence-corrected chi connectivity index (χ1v) is 4.77. The van der Waals surface area contributed by atoms with Gasteiger partial charge in [-0.05, 0) is 19.8 Å². The maximum Gasteiger partial charge on any atom is -0.0286 e. The van der Waals surface area contributed by atoms with Crippen LogP contribution in [-0.4, -0.2) is 0 Å². The van der Waals surface area contributed by atoms with Gasteiger partial charge in [-0.15, -0.1) is 0 Å². The summed E-state index contributed by atoms with van der Waals surface area (Å²) >= 11 is 0. The van der Waals surface area contributed by atoms with Crippen LogP contribution >= 0.6 is 0 Å². The van der Waals surface area contributed by atoms with Crippen LogP contribution in [0.1, 0.15) is 51.9 Å². The fourth-order valence-corrected chi connectivity index (χ4v) is 1.16. The number of hydrogen-bond donors (Lipinski definition) is 0. The topological polar surface area (TPSA) is 0 Å². The molecular formula is C11H21. The Labute approximate surface area is 71.7 Å². The first-order chi connectivity index (χ1) is 5.27. The van der Waals surface area contributed by atoms with E-state index in [4.69, 9.17) is 0 Å². The van der Waals surface area contributed by atoms with E-state index in [0.29, 0.717) is 0 Å². The molecule has 0 aromatic heterocycles. The highest BCUT2D eigenvalue weighted by molar-refractivity contribution is 4.96. The zero-order chi connectivity index (χ0) is 8.53. The Morgan fingerprint density at radius 3 is 2.09 bits per heavy atom.